The van der Waals surface area contributed by atoms with Crippen LogP contribution in [0.25, 0.3) is 0 Å². The topological polar surface area (TPSA) is 40.5 Å². The first-order valence-corrected chi connectivity index (χ1v) is 7.21. The van der Waals surface area contributed by atoms with Crippen molar-refractivity contribution in [3.05, 3.63) is 34.1 Å². The number of piperidine rings is 1. The zero-order valence-corrected chi connectivity index (χ0v) is 12.4. The van der Waals surface area contributed by atoms with Crippen LogP contribution in [-0.2, 0) is 0 Å². The van der Waals surface area contributed by atoms with Gasteiger partial charge in [0.1, 0.15) is 5.82 Å². The number of nitrogens with zero attached hydrogens (tertiary/aromatic N) is 1. The summed E-state index contributed by atoms with van der Waals surface area (Å²) in [4.78, 5) is 13.9. The fraction of sp³-hybridized carbons (Fsp3) is 0.500. The van der Waals surface area contributed by atoms with E-state index in [-0.39, 0.29) is 23.5 Å². The van der Waals surface area contributed by atoms with E-state index < -0.39 is 5.82 Å². The second-order valence-electron chi connectivity index (χ2n) is 4.97. The Balaban J connectivity index is 2.07. The number of amides is 1. The minimum atomic E-state index is -0.509. The molecule has 1 aliphatic rings. The van der Waals surface area contributed by atoms with Gasteiger partial charge in [0.25, 0.3) is 5.91 Å². The summed E-state index contributed by atoms with van der Waals surface area (Å²) in [5, 5.41) is 9.53. The number of likely N-dealkylation sites (tertiary alicyclic amines) is 1. The van der Waals surface area contributed by atoms with Gasteiger partial charge < -0.3 is 10.0 Å². The predicted molar refractivity (Wildman–Crippen MR) is 74.4 cm³/mol. The highest BCUT2D eigenvalue weighted by molar-refractivity contribution is 9.10. The van der Waals surface area contributed by atoms with E-state index in [2.05, 4.69) is 15.9 Å². The van der Waals surface area contributed by atoms with Gasteiger partial charge in [0.2, 0.25) is 0 Å². The molecule has 1 unspecified atom stereocenters. The molecule has 0 radical (unpaired) electrons. The van der Waals surface area contributed by atoms with Crippen molar-refractivity contribution in [1.29, 1.82) is 0 Å². The van der Waals surface area contributed by atoms with E-state index in [9.17, 15) is 14.3 Å². The summed E-state index contributed by atoms with van der Waals surface area (Å²) >= 11 is 3.09. The van der Waals surface area contributed by atoms with Gasteiger partial charge in [0, 0.05) is 13.1 Å². The number of benzene rings is 1. The van der Waals surface area contributed by atoms with E-state index in [1.165, 1.54) is 6.07 Å². The molecule has 0 spiro atoms. The third-order valence-electron chi connectivity index (χ3n) is 3.69. The Morgan fingerprint density at radius 1 is 1.47 bits per heavy atom. The smallest absolute Gasteiger partial charge is 0.256 e. The van der Waals surface area contributed by atoms with Gasteiger partial charge in [-0.1, -0.05) is 6.07 Å². The number of carbonyl (C=O) groups excluding carboxylic acids is 1. The molecule has 0 aliphatic carbocycles. The lowest BCUT2D eigenvalue weighted by Crippen LogP contribution is -2.41. The SMILES string of the molecule is CC(O)C1CCN(C(=O)c2cccc(Br)c2F)CC1. The molecule has 19 heavy (non-hydrogen) atoms. The average molecular weight is 330 g/mol. The number of halogens is 2. The summed E-state index contributed by atoms with van der Waals surface area (Å²) in [6, 6.07) is 4.73. The molecule has 0 aromatic heterocycles. The lowest BCUT2D eigenvalue weighted by atomic mass is 9.92. The molecule has 1 atom stereocenters. The minimum Gasteiger partial charge on any atom is -0.393 e. The van der Waals surface area contributed by atoms with Crippen molar-refractivity contribution in [3.8, 4) is 0 Å². The standard InChI is InChI=1S/C14H17BrFNO2/c1-9(18)10-5-7-17(8-6-10)14(19)11-3-2-4-12(15)13(11)16/h2-4,9-10,18H,5-8H2,1H3. The summed E-state index contributed by atoms with van der Waals surface area (Å²) < 4.78 is 14.2. The van der Waals surface area contributed by atoms with Crippen LogP contribution in [0.2, 0.25) is 0 Å². The van der Waals surface area contributed by atoms with E-state index in [4.69, 9.17) is 0 Å². The van der Waals surface area contributed by atoms with E-state index in [0.717, 1.165) is 12.8 Å². The monoisotopic (exact) mass is 329 g/mol. The molecule has 5 heteroatoms. The number of aliphatic hydroxyl groups is 1. The highest BCUT2D eigenvalue weighted by atomic mass is 79.9. The Labute approximate surface area is 120 Å². The Morgan fingerprint density at radius 2 is 2.11 bits per heavy atom. The number of hydrogen-bond donors (Lipinski definition) is 1. The summed E-state index contributed by atoms with van der Waals surface area (Å²) in [6.07, 6.45) is 1.18. The molecule has 3 nitrogen and oxygen atoms in total. The maximum atomic E-state index is 13.9. The molecule has 104 valence electrons. The van der Waals surface area contributed by atoms with Crippen LogP contribution in [0.15, 0.2) is 22.7 Å². The molecular weight excluding hydrogens is 313 g/mol. The zero-order valence-electron chi connectivity index (χ0n) is 10.8. The third kappa shape index (κ3) is 3.15. The Morgan fingerprint density at radius 3 is 2.68 bits per heavy atom. The molecule has 1 saturated heterocycles. The van der Waals surface area contributed by atoms with Gasteiger partial charge in [-0.2, -0.15) is 0 Å². The van der Waals surface area contributed by atoms with E-state index in [0.29, 0.717) is 17.6 Å². The van der Waals surface area contributed by atoms with Crippen LogP contribution < -0.4 is 0 Å². The number of rotatable bonds is 2. The second-order valence-corrected chi connectivity index (χ2v) is 5.83. The maximum Gasteiger partial charge on any atom is 0.256 e. The van der Waals surface area contributed by atoms with Crippen LogP contribution in [0.4, 0.5) is 4.39 Å². The van der Waals surface area contributed by atoms with Crippen molar-refractivity contribution in [2.24, 2.45) is 5.92 Å². The highest BCUT2D eigenvalue weighted by Gasteiger charge is 2.27. The molecule has 1 heterocycles. The summed E-state index contributed by atoms with van der Waals surface area (Å²) in [5.74, 6) is -0.551. The first-order valence-electron chi connectivity index (χ1n) is 6.42. The van der Waals surface area contributed by atoms with Crippen LogP contribution >= 0.6 is 15.9 Å². The fourth-order valence-electron chi connectivity index (χ4n) is 2.42. The minimum absolute atomic E-state index is 0.102. The highest BCUT2D eigenvalue weighted by Crippen LogP contribution is 2.24. The Hall–Kier alpha value is -0.940. The van der Waals surface area contributed by atoms with Gasteiger partial charge in [0.15, 0.2) is 0 Å². The Kier molecular flexibility index (Phi) is 4.58. The van der Waals surface area contributed by atoms with E-state index >= 15 is 0 Å². The fourth-order valence-corrected chi connectivity index (χ4v) is 2.79. The van der Waals surface area contributed by atoms with Crippen molar-refractivity contribution in [2.45, 2.75) is 25.9 Å². The van der Waals surface area contributed by atoms with Gasteiger partial charge in [-0.15, -0.1) is 0 Å². The quantitative estimate of drug-likeness (QED) is 0.906. The number of aliphatic hydroxyl groups excluding tert-OH is 1. The van der Waals surface area contributed by atoms with Gasteiger partial charge in [-0.05, 0) is 53.7 Å². The van der Waals surface area contributed by atoms with Crippen molar-refractivity contribution < 1.29 is 14.3 Å². The zero-order chi connectivity index (χ0) is 14.0. The van der Waals surface area contributed by atoms with Crippen LogP contribution in [0, 0.1) is 11.7 Å². The number of hydrogen-bond acceptors (Lipinski definition) is 2. The Bertz CT molecular complexity index is 471. The lowest BCUT2D eigenvalue weighted by Gasteiger charge is -2.33. The summed E-state index contributed by atoms with van der Waals surface area (Å²) in [6.45, 7) is 2.91. The molecule has 1 amide bonds. The van der Waals surface area contributed by atoms with E-state index in [1.807, 2.05) is 0 Å². The van der Waals surface area contributed by atoms with Gasteiger partial charge in [-0.25, -0.2) is 4.39 Å². The normalized spacial score (nSPS) is 18.4. The lowest BCUT2D eigenvalue weighted by molar-refractivity contribution is 0.0518. The van der Waals surface area contributed by atoms with E-state index in [1.54, 1.807) is 24.0 Å². The summed E-state index contributed by atoms with van der Waals surface area (Å²) in [7, 11) is 0. The second kappa shape index (κ2) is 6.01. The van der Waals surface area contributed by atoms with Crippen LogP contribution in [0.5, 0.6) is 0 Å². The van der Waals surface area contributed by atoms with Crippen LogP contribution in [-0.4, -0.2) is 35.1 Å². The molecule has 1 N–H and O–H groups in total. The molecule has 1 aromatic rings. The first-order chi connectivity index (χ1) is 9.00. The van der Waals surface area contributed by atoms with Crippen molar-refractivity contribution in [2.75, 3.05) is 13.1 Å². The van der Waals surface area contributed by atoms with Gasteiger partial charge in [-0.3, -0.25) is 4.79 Å². The maximum absolute atomic E-state index is 13.9. The molecule has 1 aromatic carbocycles. The molecular formula is C14H17BrFNO2. The van der Waals surface area contributed by atoms with Gasteiger partial charge in [0.05, 0.1) is 16.1 Å². The molecule has 0 bridgehead atoms. The van der Waals surface area contributed by atoms with Crippen LogP contribution in [0.1, 0.15) is 30.1 Å². The molecule has 2 rings (SSSR count). The first kappa shape index (κ1) is 14.5. The predicted octanol–water partition coefficient (Wildman–Crippen LogP) is 2.82. The third-order valence-corrected chi connectivity index (χ3v) is 4.30. The van der Waals surface area contributed by atoms with Crippen molar-refractivity contribution in [1.82, 2.24) is 4.90 Å². The number of carbonyl (C=O) groups is 1. The molecule has 1 fully saturated rings. The molecule has 0 saturated carbocycles. The van der Waals surface area contributed by atoms with Crippen molar-refractivity contribution in [3.63, 3.8) is 0 Å². The molecule has 1 aliphatic heterocycles. The average Bonchev–Trinajstić information content (AvgIpc) is 2.41. The van der Waals surface area contributed by atoms with Crippen LogP contribution in [0.3, 0.4) is 0 Å². The van der Waals surface area contributed by atoms with Crippen molar-refractivity contribution >= 4 is 21.8 Å². The van der Waals surface area contributed by atoms with Gasteiger partial charge >= 0.3 is 0 Å². The summed E-state index contributed by atoms with van der Waals surface area (Å²) in [5.41, 5.74) is 0.102. The largest absolute Gasteiger partial charge is 0.393 e.